The van der Waals surface area contributed by atoms with E-state index in [9.17, 15) is 24.0 Å². The average Bonchev–Trinajstić information content (AvgIpc) is 2.65. The minimum Gasteiger partial charge on any atom is -0.474 e. The van der Waals surface area contributed by atoms with E-state index in [4.69, 9.17) is 5.11 Å². The molecule has 11 heteroatoms. The first-order valence-corrected chi connectivity index (χ1v) is 9.85. The molecule has 0 spiro atoms. The zero-order valence-electron chi connectivity index (χ0n) is 14.1. The molecule has 1 rings (SSSR count). The standard InChI is InChI=1S/C16H18BrN3O6S/c17-9-12(21)18-7-8-27-13(22)5-6-19-14(23)10-1-3-11(4-2-10)20-15(24)16(25)26/h1-4H,5-9H2,(H,18,21)(H,19,23)(H,20,24)(H,25,26). The Kier molecular flexibility index (Phi) is 10.1. The summed E-state index contributed by atoms with van der Waals surface area (Å²) < 4.78 is 0. The normalized spacial score (nSPS) is 9.96. The Labute approximate surface area is 167 Å². The summed E-state index contributed by atoms with van der Waals surface area (Å²) in [4.78, 5) is 56.1. The summed E-state index contributed by atoms with van der Waals surface area (Å²) in [5.74, 6) is -2.87. The predicted octanol–water partition coefficient (Wildman–Crippen LogP) is 0.600. The van der Waals surface area contributed by atoms with Crippen LogP contribution in [0, 0.1) is 0 Å². The van der Waals surface area contributed by atoms with Crippen molar-refractivity contribution < 1.29 is 29.1 Å². The summed E-state index contributed by atoms with van der Waals surface area (Å²) in [7, 11) is 0. The van der Waals surface area contributed by atoms with Crippen LogP contribution in [-0.2, 0) is 19.2 Å². The maximum atomic E-state index is 12.0. The summed E-state index contributed by atoms with van der Waals surface area (Å²) >= 11 is 4.09. The van der Waals surface area contributed by atoms with Gasteiger partial charge in [-0.1, -0.05) is 27.7 Å². The number of anilines is 1. The molecule has 0 aliphatic heterocycles. The van der Waals surface area contributed by atoms with Crippen LogP contribution >= 0.6 is 27.7 Å². The molecule has 1 aromatic carbocycles. The molecule has 0 radical (unpaired) electrons. The Morgan fingerprint density at radius 3 is 2.26 bits per heavy atom. The van der Waals surface area contributed by atoms with E-state index in [-0.39, 0.29) is 35.0 Å². The minimum atomic E-state index is -1.61. The van der Waals surface area contributed by atoms with Gasteiger partial charge in [-0.25, -0.2) is 4.79 Å². The quantitative estimate of drug-likeness (QED) is 0.240. The van der Waals surface area contributed by atoms with Crippen molar-refractivity contribution in [2.45, 2.75) is 6.42 Å². The molecule has 0 aliphatic carbocycles. The van der Waals surface area contributed by atoms with Crippen molar-refractivity contribution in [1.82, 2.24) is 10.6 Å². The van der Waals surface area contributed by atoms with Gasteiger partial charge in [0.05, 0.1) is 5.33 Å². The number of halogens is 1. The van der Waals surface area contributed by atoms with Crippen molar-refractivity contribution in [2.75, 3.05) is 29.5 Å². The second kappa shape index (κ2) is 12.1. The third-order valence-corrected chi connectivity index (χ3v) is 4.47. The molecule has 0 aliphatic rings. The van der Waals surface area contributed by atoms with Crippen molar-refractivity contribution in [3.63, 3.8) is 0 Å². The summed E-state index contributed by atoms with van der Waals surface area (Å²) in [6, 6.07) is 5.65. The van der Waals surface area contributed by atoms with Crippen LogP contribution in [0.15, 0.2) is 24.3 Å². The van der Waals surface area contributed by atoms with Gasteiger partial charge in [-0.15, -0.1) is 0 Å². The van der Waals surface area contributed by atoms with E-state index < -0.39 is 17.8 Å². The number of nitrogens with one attached hydrogen (secondary N) is 3. The number of rotatable bonds is 9. The number of carboxylic acids is 1. The lowest BCUT2D eigenvalue weighted by atomic mass is 10.2. The number of carboxylic acid groups (broad SMARTS) is 1. The van der Waals surface area contributed by atoms with E-state index in [2.05, 4.69) is 31.9 Å². The Morgan fingerprint density at radius 2 is 1.67 bits per heavy atom. The molecule has 146 valence electrons. The molecular weight excluding hydrogens is 442 g/mol. The van der Waals surface area contributed by atoms with Gasteiger partial charge in [-0.2, -0.15) is 0 Å². The molecule has 0 fully saturated rings. The maximum Gasteiger partial charge on any atom is 0.394 e. The fourth-order valence-electron chi connectivity index (χ4n) is 1.74. The Hall–Kier alpha value is -2.40. The molecule has 0 saturated heterocycles. The van der Waals surface area contributed by atoms with E-state index in [0.717, 1.165) is 11.8 Å². The smallest absolute Gasteiger partial charge is 0.394 e. The van der Waals surface area contributed by atoms with Gasteiger partial charge in [-0.05, 0) is 24.3 Å². The fraction of sp³-hybridized carbons (Fsp3) is 0.312. The lowest BCUT2D eigenvalue weighted by Crippen LogP contribution is -2.27. The summed E-state index contributed by atoms with van der Waals surface area (Å²) in [6.07, 6.45) is 0.148. The first kappa shape index (κ1) is 22.6. The highest BCUT2D eigenvalue weighted by molar-refractivity contribution is 9.09. The highest BCUT2D eigenvalue weighted by Gasteiger charge is 2.12. The molecule has 0 unspecified atom stereocenters. The van der Waals surface area contributed by atoms with Gasteiger partial charge in [0.25, 0.3) is 5.91 Å². The Morgan fingerprint density at radius 1 is 1.00 bits per heavy atom. The van der Waals surface area contributed by atoms with Crippen molar-refractivity contribution in [3.8, 4) is 0 Å². The zero-order valence-corrected chi connectivity index (χ0v) is 16.5. The van der Waals surface area contributed by atoms with Gasteiger partial charge in [0.1, 0.15) is 0 Å². The van der Waals surface area contributed by atoms with Gasteiger partial charge in [-0.3, -0.25) is 19.2 Å². The summed E-state index contributed by atoms with van der Waals surface area (Å²) in [5.41, 5.74) is 0.554. The van der Waals surface area contributed by atoms with Crippen LogP contribution in [0.5, 0.6) is 0 Å². The first-order chi connectivity index (χ1) is 12.8. The van der Waals surface area contributed by atoms with Crippen LogP contribution in [0.4, 0.5) is 5.69 Å². The SMILES string of the molecule is O=C(CBr)NCCSC(=O)CCNC(=O)c1ccc(NC(=O)C(=O)O)cc1. The van der Waals surface area contributed by atoms with Crippen LogP contribution in [-0.4, -0.2) is 58.1 Å². The van der Waals surface area contributed by atoms with Crippen LogP contribution in [0.1, 0.15) is 16.8 Å². The van der Waals surface area contributed by atoms with Crippen molar-refractivity contribution in [1.29, 1.82) is 0 Å². The molecule has 27 heavy (non-hydrogen) atoms. The first-order valence-electron chi connectivity index (χ1n) is 7.74. The molecule has 3 amide bonds. The van der Waals surface area contributed by atoms with Crippen LogP contribution in [0.3, 0.4) is 0 Å². The van der Waals surface area contributed by atoms with Gasteiger partial charge in [0.15, 0.2) is 5.12 Å². The Balaban J connectivity index is 2.29. The number of hydrogen-bond acceptors (Lipinski definition) is 6. The summed E-state index contributed by atoms with van der Waals surface area (Å²) in [5, 5.41) is 16.0. The van der Waals surface area contributed by atoms with Gasteiger partial charge in [0.2, 0.25) is 5.91 Å². The molecule has 0 atom stereocenters. The van der Waals surface area contributed by atoms with Gasteiger partial charge < -0.3 is 21.1 Å². The second-order valence-electron chi connectivity index (χ2n) is 5.05. The van der Waals surface area contributed by atoms with Crippen molar-refractivity contribution >= 4 is 62.2 Å². The molecular formula is C16H18BrN3O6S. The van der Waals surface area contributed by atoms with Crippen molar-refractivity contribution in [3.05, 3.63) is 29.8 Å². The van der Waals surface area contributed by atoms with Gasteiger partial charge in [0, 0.05) is 36.5 Å². The monoisotopic (exact) mass is 459 g/mol. The number of alkyl halides is 1. The third kappa shape index (κ3) is 9.20. The highest BCUT2D eigenvalue weighted by Crippen LogP contribution is 2.10. The number of carbonyl (C=O) groups is 5. The number of benzene rings is 1. The molecule has 0 heterocycles. The minimum absolute atomic E-state index is 0.102. The molecule has 0 bridgehead atoms. The molecule has 0 aromatic heterocycles. The molecule has 9 nitrogen and oxygen atoms in total. The third-order valence-electron chi connectivity index (χ3n) is 3.02. The van der Waals surface area contributed by atoms with E-state index >= 15 is 0 Å². The number of carbonyl (C=O) groups excluding carboxylic acids is 4. The molecule has 4 N–H and O–H groups in total. The average molecular weight is 460 g/mol. The van der Waals surface area contributed by atoms with E-state index in [0.29, 0.717) is 17.9 Å². The molecule has 0 saturated carbocycles. The van der Waals surface area contributed by atoms with E-state index in [1.807, 2.05) is 0 Å². The fourth-order valence-corrected chi connectivity index (χ4v) is 2.62. The van der Waals surface area contributed by atoms with E-state index in [1.165, 1.54) is 24.3 Å². The lowest BCUT2D eigenvalue weighted by Gasteiger charge is -2.07. The van der Waals surface area contributed by atoms with Crippen LogP contribution < -0.4 is 16.0 Å². The van der Waals surface area contributed by atoms with E-state index in [1.54, 1.807) is 0 Å². The highest BCUT2D eigenvalue weighted by atomic mass is 79.9. The largest absolute Gasteiger partial charge is 0.474 e. The number of hydrogen-bond donors (Lipinski definition) is 4. The maximum absolute atomic E-state index is 12.0. The van der Waals surface area contributed by atoms with Gasteiger partial charge >= 0.3 is 11.9 Å². The number of thioether (sulfide) groups is 1. The second-order valence-corrected chi connectivity index (χ2v) is 6.76. The lowest BCUT2D eigenvalue weighted by molar-refractivity contribution is -0.147. The number of aliphatic carboxylic acids is 1. The Bertz CT molecular complexity index is 711. The van der Waals surface area contributed by atoms with Crippen molar-refractivity contribution in [2.24, 2.45) is 0 Å². The van der Waals surface area contributed by atoms with Crippen LogP contribution in [0.25, 0.3) is 0 Å². The topological polar surface area (TPSA) is 142 Å². The molecule has 1 aromatic rings. The van der Waals surface area contributed by atoms with Crippen LogP contribution in [0.2, 0.25) is 0 Å². The summed E-state index contributed by atoms with van der Waals surface area (Å²) in [6.45, 7) is 0.549. The predicted molar refractivity (Wildman–Crippen MR) is 104 cm³/mol. The number of amides is 3. The zero-order chi connectivity index (χ0) is 20.2.